The molecule has 3 rings (SSSR count). The second-order valence-corrected chi connectivity index (χ2v) is 10.7. The van der Waals surface area contributed by atoms with Crippen molar-refractivity contribution >= 4 is 47.2 Å². The van der Waals surface area contributed by atoms with Crippen molar-refractivity contribution in [2.75, 3.05) is 5.01 Å². The van der Waals surface area contributed by atoms with E-state index in [2.05, 4.69) is 4.74 Å². The summed E-state index contributed by atoms with van der Waals surface area (Å²) >= 11 is 0. The maximum atomic E-state index is 13.9. The van der Waals surface area contributed by atoms with E-state index in [1.54, 1.807) is 11.9 Å². The van der Waals surface area contributed by atoms with Crippen LogP contribution in [0.5, 0.6) is 5.75 Å². The van der Waals surface area contributed by atoms with Crippen LogP contribution in [0.2, 0.25) is 0 Å². The molecule has 1 unspecified atom stereocenters. The summed E-state index contributed by atoms with van der Waals surface area (Å²) in [6.07, 6.45) is -7.78. The van der Waals surface area contributed by atoms with Gasteiger partial charge in [-0.05, 0) is 79.6 Å². The maximum Gasteiger partial charge on any atom is 0.573 e. The number of aliphatic hydroxyl groups is 2. The van der Waals surface area contributed by atoms with Gasteiger partial charge in [0.2, 0.25) is 0 Å². The fraction of sp³-hybridized carbons (Fsp3) is 0.448. The van der Waals surface area contributed by atoms with Crippen LogP contribution in [0, 0.1) is 11.7 Å². The molecule has 1 heterocycles. The molecule has 1 radical (unpaired) electrons. The van der Waals surface area contributed by atoms with Gasteiger partial charge < -0.3 is 25.8 Å². The van der Waals surface area contributed by atoms with Gasteiger partial charge in [0.15, 0.2) is 0 Å². The number of carboxylic acids is 1. The number of hydrogen-bond acceptors (Lipinski definition) is 6. The average molecular weight is 621 g/mol. The maximum absolute atomic E-state index is 13.9. The molecule has 0 saturated carbocycles. The standard InChI is InChI=1S/C29H35F4N3O6.Na/c1-17(2)26-18(3)35(27(34)41)36(21-8-6-20(30)7-9-21)28(26,13-12-22(37)14-23(38)15-25(39)40)16-19-4-10-24(11-5-19)42-29(31,32)33;/h4-11,17,22-23,37-38H,12-16H2,1-3H3,(H2,34,41)(H,39,40);/t22-,23-,28?;/m1./s1. The Hall–Kier alpha value is -2.84. The van der Waals surface area contributed by atoms with E-state index in [-0.39, 0.29) is 61.2 Å². The zero-order valence-corrected chi connectivity index (χ0v) is 26.4. The summed E-state index contributed by atoms with van der Waals surface area (Å²) in [5.74, 6) is -2.36. The molecule has 14 heteroatoms. The number of rotatable bonds is 12. The van der Waals surface area contributed by atoms with Crippen LogP contribution in [0.3, 0.4) is 0 Å². The van der Waals surface area contributed by atoms with E-state index in [4.69, 9.17) is 10.8 Å². The molecule has 1 aliphatic heterocycles. The predicted molar refractivity (Wildman–Crippen MR) is 151 cm³/mol. The zero-order chi connectivity index (χ0) is 31.4. The molecular weight excluding hydrogens is 585 g/mol. The number of urea groups is 1. The molecule has 2 aromatic carbocycles. The molecule has 1 aliphatic rings. The molecule has 2 amide bonds. The van der Waals surface area contributed by atoms with Gasteiger partial charge in [0.25, 0.3) is 0 Å². The van der Waals surface area contributed by atoms with E-state index < -0.39 is 54.1 Å². The topological polar surface area (TPSA) is 137 Å². The van der Waals surface area contributed by atoms with E-state index >= 15 is 0 Å². The molecule has 0 saturated heterocycles. The minimum atomic E-state index is -4.87. The van der Waals surface area contributed by atoms with Crippen molar-refractivity contribution in [1.82, 2.24) is 5.01 Å². The summed E-state index contributed by atoms with van der Waals surface area (Å²) in [6.45, 7) is 5.49. The van der Waals surface area contributed by atoms with Crippen LogP contribution < -0.4 is 15.5 Å². The number of nitrogens with two attached hydrogens (primary N) is 1. The summed E-state index contributed by atoms with van der Waals surface area (Å²) in [4.78, 5) is 23.9. The van der Waals surface area contributed by atoms with Crippen molar-refractivity contribution in [1.29, 1.82) is 0 Å². The van der Waals surface area contributed by atoms with Crippen molar-refractivity contribution in [2.24, 2.45) is 11.7 Å². The van der Waals surface area contributed by atoms with Crippen LogP contribution in [0.1, 0.15) is 52.0 Å². The quantitative estimate of drug-likeness (QED) is 0.199. The number of aliphatic carboxylic acids is 1. The minimum Gasteiger partial charge on any atom is -0.481 e. The van der Waals surface area contributed by atoms with Gasteiger partial charge in [0.05, 0.1) is 29.9 Å². The number of nitrogens with zero attached hydrogens (tertiary/aromatic N) is 2. The van der Waals surface area contributed by atoms with Crippen molar-refractivity contribution in [3.63, 3.8) is 0 Å². The summed E-state index contributed by atoms with van der Waals surface area (Å²) in [7, 11) is 0. The molecule has 5 N–H and O–H groups in total. The Morgan fingerprint density at radius 2 is 1.60 bits per heavy atom. The smallest absolute Gasteiger partial charge is 0.481 e. The van der Waals surface area contributed by atoms with Gasteiger partial charge in [-0.2, -0.15) is 0 Å². The molecular formula is C29H35F4N3NaO6. The molecule has 231 valence electrons. The predicted octanol–water partition coefficient (Wildman–Crippen LogP) is 4.74. The van der Waals surface area contributed by atoms with E-state index in [0.717, 1.165) is 5.57 Å². The number of primary amides is 1. The largest absolute Gasteiger partial charge is 0.573 e. The summed E-state index contributed by atoms with van der Waals surface area (Å²) < 4.78 is 56.2. The van der Waals surface area contributed by atoms with Crippen LogP contribution in [-0.4, -0.2) is 86.0 Å². The first-order valence-corrected chi connectivity index (χ1v) is 13.3. The van der Waals surface area contributed by atoms with Gasteiger partial charge in [-0.15, -0.1) is 13.2 Å². The monoisotopic (exact) mass is 620 g/mol. The van der Waals surface area contributed by atoms with E-state index in [9.17, 15) is 37.4 Å². The minimum absolute atomic E-state index is 0. The Morgan fingerprint density at radius 3 is 2.09 bits per heavy atom. The number of ether oxygens (including phenoxy) is 1. The average Bonchev–Trinajstić information content (AvgIpc) is 3.11. The summed E-state index contributed by atoms with van der Waals surface area (Å²) in [5.41, 5.74) is 6.91. The van der Waals surface area contributed by atoms with Crippen LogP contribution in [-0.2, 0) is 11.2 Å². The van der Waals surface area contributed by atoms with E-state index in [0.29, 0.717) is 16.9 Å². The first-order valence-electron chi connectivity index (χ1n) is 13.3. The van der Waals surface area contributed by atoms with Gasteiger partial charge in [-0.3, -0.25) is 9.80 Å². The van der Waals surface area contributed by atoms with Gasteiger partial charge in [-0.25, -0.2) is 14.2 Å². The normalized spacial score (nSPS) is 18.5. The Kier molecular flexibility index (Phi) is 12.5. The number of hydrogen-bond donors (Lipinski definition) is 4. The summed E-state index contributed by atoms with van der Waals surface area (Å²) in [5, 5.41) is 32.7. The number of alkyl halides is 3. The number of anilines is 1. The number of aliphatic hydroxyl groups excluding tert-OH is 2. The van der Waals surface area contributed by atoms with Gasteiger partial charge >= 0.3 is 18.4 Å². The number of benzene rings is 2. The Morgan fingerprint density at radius 1 is 1.02 bits per heavy atom. The number of hydrazine groups is 1. The second kappa shape index (κ2) is 14.8. The van der Waals surface area contributed by atoms with E-state index in [1.165, 1.54) is 53.5 Å². The number of allylic oxidation sites excluding steroid dienone is 1. The Balaban J connectivity index is 0.00000645. The second-order valence-electron chi connectivity index (χ2n) is 10.7. The first-order chi connectivity index (χ1) is 19.5. The number of halogens is 4. The van der Waals surface area contributed by atoms with Gasteiger partial charge in [-0.1, -0.05) is 26.0 Å². The third kappa shape index (κ3) is 9.08. The number of amides is 2. The fourth-order valence-electron chi connectivity index (χ4n) is 5.84. The molecule has 3 atom stereocenters. The van der Waals surface area contributed by atoms with Gasteiger partial charge in [0.1, 0.15) is 11.6 Å². The molecule has 43 heavy (non-hydrogen) atoms. The molecule has 0 bridgehead atoms. The molecule has 0 aliphatic carbocycles. The third-order valence-electron chi connectivity index (χ3n) is 7.17. The van der Waals surface area contributed by atoms with Crippen LogP contribution >= 0.6 is 0 Å². The molecule has 2 aromatic rings. The Bertz CT molecular complexity index is 1290. The van der Waals surface area contributed by atoms with Crippen LogP contribution in [0.25, 0.3) is 0 Å². The molecule has 0 fully saturated rings. The van der Waals surface area contributed by atoms with Gasteiger partial charge in [0, 0.05) is 41.7 Å². The van der Waals surface area contributed by atoms with E-state index in [1.807, 2.05) is 13.8 Å². The van der Waals surface area contributed by atoms with Crippen LogP contribution in [0.15, 0.2) is 59.8 Å². The van der Waals surface area contributed by atoms with Crippen molar-refractivity contribution < 1.29 is 47.2 Å². The molecule has 0 spiro atoms. The number of carbonyl (C=O) groups excluding carboxylic acids is 1. The third-order valence-corrected chi connectivity index (χ3v) is 7.17. The van der Waals surface area contributed by atoms with Crippen LogP contribution in [0.4, 0.5) is 28.0 Å². The zero-order valence-electron chi connectivity index (χ0n) is 24.4. The fourth-order valence-corrected chi connectivity index (χ4v) is 5.84. The first kappa shape index (κ1) is 36.4. The molecule has 0 aromatic heterocycles. The summed E-state index contributed by atoms with van der Waals surface area (Å²) in [6, 6.07) is 9.77. The Labute approximate surface area is 269 Å². The molecule has 9 nitrogen and oxygen atoms in total. The number of carboxylic acid groups (broad SMARTS) is 1. The SMILES string of the molecule is CC1=C(C(C)C)C(CC[C@@H](O)C[C@@H](O)CC(=O)O)(Cc2ccc(OC(F)(F)F)cc2)N(c2ccc(F)cc2)N1C(N)=O.[Na]. The van der Waals surface area contributed by atoms with Crippen molar-refractivity contribution in [3.05, 3.63) is 71.2 Å². The van der Waals surface area contributed by atoms with Crippen molar-refractivity contribution in [2.45, 2.75) is 77.0 Å². The number of carbonyl (C=O) groups is 2. The van der Waals surface area contributed by atoms with Crippen molar-refractivity contribution in [3.8, 4) is 5.75 Å².